The van der Waals surface area contributed by atoms with Gasteiger partial charge in [0.1, 0.15) is 11.5 Å². The van der Waals surface area contributed by atoms with Crippen molar-refractivity contribution in [2.45, 2.75) is 38.9 Å². The van der Waals surface area contributed by atoms with Gasteiger partial charge in [-0.2, -0.15) is 0 Å². The van der Waals surface area contributed by atoms with Gasteiger partial charge >= 0.3 is 0 Å². The molecule has 0 radical (unpaired) electrons. The zero-order chi connectivity index (χ0) is 19.1. The Morgan fingerprint density at radius 3 is 2.56 bits per heavy atom. The molecule has 0 N–H and O–H groups in total. The van der Waals surface area contributed by atoms with Crippen LogP contribution < -0.4 is 0 Å². The number of rotatable bonds is 9. The van der Waals surface area contributed by atoms with E-state index in [-0.39, 0.29) is 5.78 Å². The molecule has 3 rings (SSSR count). The molecule has 4 nitrogen and oxygen atoms in total. The first kappa shape index (κ1) is 19.4. The molecule has 140 valence electrons. The largest absolute Gasteiger partial charge is 0.441 e. The number of nitrogens with zero attached hydrogens (tertiary/aromatic N) is 2. The van der Waals surface area contributed by atoms with Gasteiger partial charge < -0.3 is 4.42 Å². The number of carbonyl (C=O) groups excluding carboxylic acids is 1. The lowest BCUT2D eigenvalue weighted by molar-refractivity contribution is -0.116. The Morgan fingerprint density at radius 1 is 1.07 bits per heavy atom. The summed E-state index contributed by atoms with van der Waals surface area (Å²) < 4.78 is 5.80. The summed E-state index contributed by atoms with van der Waals surface area (Å²) >= 11 is 1.60. The molecule has 0 amide bonds. The van der Waals surface area contributed by atoms with Crippen LogP contribution in [0.15, 0.2) is 53.2 Å². The van der Waals surface area contributed by atoms with Crippen LogP contribution in [0.3, 0.4) is 0 Å². The molecule has 0 aliphatic rings. The molecule has 0 unspecified atom stereocenters. The fraction of sp³-hybridized carbons (Fsp3) is 0.318. The van der Waals surface area contributed by atoms with Crippen molar-refractivity contribution in [3.8, 4) is 11.5 Å². The molecule has 0 saturated carbocycles. The van der Waals surface area contributed by atoms with Crippen LogP contribution in [-0.2, 0) is 17.0 Å². The van der Waals surface area contributed by atoms with Crippen molar-refractivity contribution in [3.05, 3.63) is 71.4 Å². The van der Waals surface area contributed by atoms with Gasteiger partial charge in [0.05, 0.1) is 11.4 Å². The Kier molecular flexibility index (Phi) is 6.82. The number of aryl methyl sites for hydroxylation is 3. The average molecular weight is 381 g/mol. The summed E-state index contributed by atoms with van der Waals surface area (Å²) in [5.74, 6) is 2.96. The maximum atomic E-state index is 12.1. The summed E-state index contributed by atoms with van der Waals surface area (Å²) in [4.78, 5) is 20.7. The van der Waals surface area contributed by atoms with Crippen molar-refractivity contribution in [2.24, 2.45) is 0 Å². The minimum absolute atomic E-state index is 0.286. The van der Waals surface area contributed by atoms with E-state index in [0.717, 1.165) is 29.9 Å². The Balaban J connectivity index is 1.43. The fourth-order valence-corrected chi connectivity index (χ4v) is 3.69. The molecular formula is C22H24N2O2S. The topological polar surface area (TPSA) is 56.0 Å². The molecule has 3 aromatic rings. The van der Waals surface area contributed by atoms with Crippen LogP contribution in [0, 0.1) is 13.8 Å². The van der Waals surface area contributed by atoms with Crippen molar-refractivity contribution >= 4 is 17.5 Å². The first-order valence-corrected chi connectivity index (χ1v) is 10.3. The second-order valence-corrected chi connectivity index (χ2v) is 7.61. The molecule has 0 aliphatic heterocycles. The Bertz CT molecular complexity index is 873. The van der Waals surface area contributed by atoms with E-state index in [1.165, 1.54) is 11.1 Å². The minimum Gasteiger partial charge on any atom is -0.441 e. The van der Waals surface area contributed by atoms with Crippen molar-refractivity contribution in [2.75, 3.05) is 5.75 Å². The van der Waals surface area contributed by atoms with E-state index in [9.17, 15) is 4.79 Å². The number of Topliss-reactive ketones (excluding diaryl/α,β-unsaturated/α-hetero) is 1. The molecule has 0 spiro atoms. The number of ketones is 1. The molecule has 2 heterocycles. The highest BCUT2D eigenvalue weighted by atomic mass is 32.2. The second-order valence-electron chi connectivity index (χ2n) is 6.63. The smallest absolute Gasteiger partial charge is 0.226 e. The summed E-state index contributed by atoms with van der Waals surface area (Å²) in [6.07, 6.45) is 5.99. The predicted molar refractivity (Wildman–Crippen MR) is 110 cm³/mol. The van der Waals surface area contributed by atoms with Gasteiger partial charge in [0, 0.05) is 30.1 Å². The standard InChI is InChI=1S/C22H24N2O2S/c1-16-6-8-19(9-7-16)22-24-21(17(2)26-22)15-27-14-20(25)5-3-4-18-10-12-23-13-11-18/h6-13H,3-5,14-15H2,1-2H3. The second kappa shape index (κ2) is 9.51. The molecule has 27 heavy (non-hydrogen) atoms. The highest BCUT2D eigenvalue weighted by Gasteiger charge is 2.12. The molecular weight excluding hydrogens is 356 g/mol. The van der Waals surface area contributed by atoms with Gasteiger partial charge in [-0.1, -0.05) is 17.7 Å². The van der Waals surface area contributed by atoms with Gasteiger partial charge in [0.15, 0.2) is 0 Å². The van der Waals surface area contributed by atoms with Gasteiger partial charge in [-0.05, 0) is 56.5 Å². The number of aromatic nitrogens is 2. The Hall–Kier alpha value is -2.40. The van der Waals surface area contributed by atoms with Gasteiger partial charge in [0.2, 0.25) is 5.89 Å². The summed E-state index contributed by atoms with van der Waals surface area (Å²) in [7, 11) is 0. The lowest BCUT2D eigenvalue weighted by Gasteiger charge is -2.02. The van der Waals surface area contributed by atoms with E-state index in [0.29, 0.717) is 23.8 Å². The van der Waals surface area contributed by atoms with Gasteiger partial charge in [0.25, 0.3) is 0 Å². The first-order valence-electron chi connectivity index (χ1n) is 9.13. The number of hydrogen-bond donors (Lipinski definition) is 0. The average Bonchev–Trinajstić information content (AvgIpc) is 3.04. The highest BCUT2D eigenvalue weighted by molar-refractivity contribution is 7.99. The van der Waals surface area contributed by atoms with Crippen LogP contribution in [0.2, 0.25) is 0 Å². The maximum Gasteiger partial charge on any atom is 0.226 e. The zero-order valence-electron chi connectivity index (χ0n) is 15.8. The lowest BCUT2D eigenvalue weighted by Crippen LogP contribution is -2.02. The minimum atomic E-state index is 0.286. The fourth-order valence-electron chi connectivity index (χ4n) is 2.75. The molecule has 1 aromatic carbocycles. The van der Waals surface area contributed by atoms with E-state index < -0.39 is 0 Å². The van der Waals surface area contributed by atoms with Crippen molar-refractivity contribution in [3.63, 3.8) is 0 Å². The summed E-state index contributed by atoms with van der Waals surface area (Å²) in [5.41, 5.74) is 4.33. The lowest BCUT2D eigenvalue weighted by atomic mass is 10.1. The highest BCUT2D eigenvalue weighted by Crippen LogP contribution is 2.24. The summed E-state index contributed by atoms with van der Waals surface area (Å²) in [5, 5.41) is 0. The Labute approximate surface area is 164 Å². The number of hydrogen-bond acceptors (Lipinski definition) is 5. The number of oxazole rings is 1. The molecule has 2 aromatic heterocycles. The normalized spacial score (nSPS) is 10.9. The van der Waals surface area contributed by atoms with Crippen LogP contribution in [0.1, 0.15) is 35.4 Å². The number of pyridine rings is 1. The summed E-state index contributed by atoms with van der Waals surface area (Å²) in [6.45, 7) is 3.98. The molecule has 0 saturated heterocycles. The van der Waals surface area contributed by atoms with Gasteiger partial charge in [-0.15, -0.1) is 11.8 Å². The van der Waals surface area contributed by atoms with Crippen LogP contribution in [0.25, 0.3) is 11.5 Å². The number of carbonyl (C=O) groups is 1. The van der Waals surface area contributed by atoms with Gasteiger partial charge in [-0.25, -0.2) is 4.98 Å². The first-order chi connectivity index (χ1) is 13.1. The van der Waals surface area contributed by atoms with E-state index in [1.54, 1.807) is 24.2 Å². The van der Waals surface area contributed by atoms with Crippen molar-refractivity contribution in [1.29, 1.82) is 0 Å². The van der Waals surface area contributed by atoms with Crippen LogP contribution in [-0.4, -0.2) is 21.5 Å². The third kappa shape index (κ3) is 5.79. The van der Waals surface area contributed by atoms with E-state index >= 15 is 0 Å². The van der Waals surface area contributed by atoms with Crippen molar-refractivity contribution in [1.82, 2.24) is 9.97 Å². The molecule has 0 atom stereocenters. The Morgan fingerprint density at radius 2 is 1.81 bits per heavy atom. The quantitative estimate of drug-likeness (QED) is 0.512. The number of thioether (sulfide) groups is 1. The molecule has 5 heteroatoms. The van der Waals surface area contributed by atoms with Crippen LogP contribution in [0.4, 0.5) is 0 Å². The molecule has 0 aliphatic carbocycles. The number of benzene rings is 1. The SMILES string of the molecule is Cc1ccc(-c2nc(CSCC(=O)CCCc3ccncc3)c(C)o2)cc1. The van der Waals surface area contributed by atoms with Gasteiger partial charge in [-0.3, -0.25) is 9.78 Å². The molecule has 0 bridgehead atoms. The monoisotopic (exact) mass is 380 g/mol. The summed E-state index contributed by atoms with van der Waals surface area (Å²) in [6, 6.07) is 12.1. The van der Waals surface area contributed by atoms with E-state index in [4.69, 9.17) is 4.42 Å². The molecule has 0 fully saturated rings. The van der Waals surface area contributed by atoms with E-state index in [2.05, 4.69) is 16.9 Å². The van der Waals surface area contributed by atoms with Crippen molar-refractivity contribution < 1.29 is 9.21 Å². The van der Waals surface area contributed by atoms with E-state index in [1.807, 2.05) is 43.3 Å². The zero-order valence-corrected chi connectivity index (χ0v) is 16.6. The van der Waals surface area contributed by atoms with Crippen LogP contribution in [0.5, 0.6) is 0 Å². The third-order valence-electron chi connectivity index (χ3n) is 4.36. The van der Waals surface area contributed by atoms with Crippen LogP contribution >= 0.6 is 11.8 Å². The predicted octanol–water partition coefficient (Wildman–Crippen LogP) is 5.18. The maximum absolute atomic E-state index is 12.1. The third-order valence-corrected chi connectivity index (χ3v) is 5.37.